The van der Waals surface area contributed by atoms with Crippen LogP contribution in [0.4, 0.5) is 0 Å². The Labute approximate surface area is 84.1 Å². The molecule has 2 unspecified atom stereocenters. The summed E-state index contributed by atoms with van der Waals surface area (Å²) in [4.78, 5) is 0. The van der Waals surface area contributed by atoms with E-state index in [0.717, 1.165) is 11.8 Å². The molecule has 0 spiro atoms. The van der Waals surface area contributed by atoms with E-state index in [2.05, 4.69) is 13.8 Å². The van der Waals surface area contributed by atoms with Gasteiger partial charge in [0.1, 0.15) is 0 Å². The molecule has 0 aromatic heterocycles. The first-order valence-corrected chi connectivity index (χ1v) is 6.38. The zero-order valence-corrected chi connectivity index (χ0v) is 9.52. The van der Waals surface area contributed by atoms with Gasteiger partial charge in [0, 0.05) is 0 Å². The van der Waals surface area contributed by atoms with E-state index in [-0.39, 0.29) is 0 Å². The highest BCUT2D eigenvalue weighted by molar-refractivity contribution is 4.75. The molecule has 13 heavy (non-hydrogen) atoms. The van der Waals surface area contributed by atoms with Crippen LogP contribution < -0.4 is 0 Å². The number of hydrogen-bond donors (Lipinski definition) is 0. The van der Waals surface area contributed by atoms with Crippen molar-refractivity contribution >= 4 is 0 Å². The fourth-order valence-corrected chi connectivity index (χ4v) is 2.88. The maximum atomic E-state index is 2.34. The Hall–Kier alpha value is 0. The molecule has 1 rings (SSSR count). The van der Waals surface area contributed by atoms with Crippen molar-refractivity contribution in [3.8, 4) is 0 Å². The van der Waals surface area contributed by atoms with Crippen molar-refractivity contribution in [2.75, 3.05) is 0 Å². The van der Waals surface area contributed by atoms with Gasteiger partial charge in [-0.05, 0) is 11.8 Å². The molecule has 1 saturated carbocycles. The fourth-order valence-electron chi connectivity index (χ4n) is 2.88. The van der Waals surface area contributed by atoms with Gasteiger partial charge in [0.2, 0.25) is 0 Å². The van der Waals surface area contributed by atoms with Crippen molar-refractivity contribution in [1.82, 2.24) is 0 Å². The summed E-state index contributed by atoms with van der Waals surface area (Å²) < 4.78 is 0. The average Bonchev–Trinajstić information content (AvgIpc) is 2.17. The molecule has 0 amide bonds. The molecule has 1 aliphatic carbocycles. The summed E-state index contributed by atoms with van der Waals surface area (Å²) in [5.74, 6) is 2.18. The molecule has 0 radical (unpaired) electrons. The smallest absolute Gasteiger partial charge is 0.0386 e. The van der Waals surface area contributed by atoms with E-state index in [1.54, 1.807) is 0 Å². The Morgan fingerprint density at radius 1 is 0.846 bits per heavy atom. The first kappa shape index (κ1) is 11.1. The minimum Gasteiger partial charge on any atom is -0.0654 e. The summed E-state index contributed by atoms with van der Waals surface area (Å²) >= 11 is 0. The molecular weight excluding hydrogens is 156 g/mol. The van der Waals surface area contributed by atoms with Gasteiger partial charge < -0.3 is 0 Å². The second-order valence-corrected chi connectivity index (χ2v) is 4.74. The highest BCUT2D eigenvalue weighted by atomic mass is 14.3. The third-order valence-corrected chi connectivity index (χ3v) is 3.65. The molecule has 0 nitrogen and oxygen atoms in total. The first-order valence-electron chi connectivity index (χ1n) is 6.38. The molecule has 0 aliphatic heterocycles. The first-order chi connectivity index (χ1) is 6.38. The summed E-state index contributed by atoms with van der Waals surface area (Å²) in [5, 5.41) is 0. The Morgan fingerprint density at radius 2 is 1.46 bits per heavy atom. The lowest BCUT2D eigenvalue weighted by Crippen LogP contribution is -2.19. The zero-order valence-electron chi connectivity index (χ0n) is 9.52. The van der Waals surface area contributed by atoms with Gasteiger partial charge in [-0.3, -0.25) is 0 Å². The van der Waals surface area contributed by atoms with E-state index in [4.69, 9.17) is 0 Å². The predicted octanol–water partition coefficient (Wildman–Crippen LogP) is 4.78. The van der Waals surface area contributed by atoms with Crippen LogP contribution in [-0.4, -0.2) is 0 Å². The molecule has 0 bridgehead atoms. The number of hydrogen-bond acceptors (Lipinski definition) is 0. The van der Waals surface area contributed by atoms with Gasteiger partial charge in [-0.25, -0.2) is 0 Å². The Bertz CT molecular complexity index is 115. The summed E-state index contributed by atoms with van der Waals surface area (Å²) in [6.45, 7) is 4.66. The van der Waals surface area contributed by atoms with Crippen molar-refractivity contribution in [2.45, 2.75) is 71.6 Å². The molecule has 2 atom stereocenters. The average molecular weight is 182 g/mol. The zero-order chi connectivity index (χ0) is 9.52. The highest BCUT2D eigenvalue weighted by Gasteiger charge is 2.23. The van der Waals surface area contributed by atoms with Gasteiger partial charge in [0.25, 0.3) is 0 Å². The molecule has 0 heterocycles. The lowest BCUT2D eigenvalue weighted by molar-refractivity contribution is 0.206. The predicted molar refractivity (Wildman–Crippen MR) is 59.9 cm³/mol. The molecule has 1 fully saturated rings. The Morgan fingerprint density at radius 3 is 2.00 bits per heavy atom. The second-order valence-electron chi connectivity index (χ2n) is 4.74. The summed E-state index contributed by atoms with van der Waals surface area (Å²) in [6.07, 6.45) is 13.3. The monoisotopic (exact) mass is 182 g/mol. The van der Waals surface area contributed by atoms with Crippen LogP contribution in [-0.2, 0) is 0 Å². The Balaban J connectivity index is 2.28. The van der Waals surface area contributed by atoms with Crippen LogP contribution >= 0.6 is 0 Å². The van der Waals surface area contributed by atoms with Gasteiger partial charge in [0.05, 0.1) is 0 Å². The van der Waals surface area contributed by atoms with Crippen molar-refractivity contribution in [3.05, 3.63) is 0 Å². The van der Waals surface area contributed by atoms with Crippen molar-refractivity contribution in [2.24, 2.45) is 11.8 Å². The van der Waals surface area contributed by atoms with Crippen LogP contribution in [0.3, 0.4) is 0 Å². The normalized spacial score (nSPS) is 29.1. The molecule has 0 N–H and O–H groups in total. The van der Waals surface area contributed by atoms with E-state index in [1.165, 1.54) is 57.8 Å². The van der Waals surface area contributed by atoms with Gasteiger partial charge in [-0.15, -0.1) is 0 Å². The summed E-state index contributed by atoms with van der Waals surface area (Å²) in [7, 11) is 0. The van der Waals surface area contributed by atoms with Gasteiger partial charge >= 0.3 is 0 Å². The van der Waals surface area contributed by atoms with E-state index in [0.29, 0.717) is 0 Å². The van der Waals surface area contributed by atoms with Crippen LogP contribution in [0, 0.1) is 11.8 Å². The third-order valence-electron chi connectivity index (χ3n) is 3.65. The Kier molecular flexibility index (Phi) is 5.50. The van der Waals surface area contributed by atoms with Gasteiger partial charge in [0.15, 0.2) is 0 Å². The number of rotatable bonds is 5. The lowest BCUT2D eigenvalue weighted by Gasteiger charge is -2.31. The van der Waals surface area contributed by atoms with Crippen LogP contribution in [0.1, 0.15) is 71.6 Å². The SMILES string of the molecule is CCCCC1CCCCC1CCC. The van der Waals surface area contributed by atoms with Crippen LogP contribution in [0.5, 0.6) is 0 Å². The summed E-state index contributed by atoms with van der Waals surface area (Å²) in [5.41, 5.74) is 0. The van der Waals surface area contributed by atoms with Crippen LogP contribution in [0.25, 0.3) is 0 Å². The topological polar surface area (TPSA) is 0 Å². The molecule has 78 valence electrons. The quantitative estimate of drug-likeness (QED) is 0.574. The van der Waals surface area contributed by atoms with Crippen molar-refractivity contribution in [3.63, 3.8) is 0 Å². The van der Waals surface area contributed by atoms with E-state index < -0.39 is 0 Å². The molecule has 0 aromatic rings. The van der Waals surface area contributed by atoms with E-state index in [9.17, 15) is 0 Å². The van der Waals surface area contributed by atoms with Crippen molar-refractivity contribution < 1.29 is 0 Å². The second kappa shape index (κ2) is 6.45. The minimum absolute atomic E-state index is 1.09. The molecular formula is C13H26. The summed E-state index contributed by atoms with van der Waals surface area (Å²) in [6, 6.07) is 0. The molecule has 0 saturated heterocycles. The molecule has 0 aromatic carbocycles. The largest absolute Gasteiger partial charge is 0.0654 e. The fraction of sp³-hybridized carbons (Fsp3) is 1.00. The molecule has 0 heteroatoms. The van der Waals surface area contributed by atoms with E-state index in [1.807, 2.05) is 0 Å². The standard InChI is InChI=1S/C13H26/c1-3-5-9-13-11-7-6-10-12(13)8-4-2/h12-13H,3-11H2,1-2H3. The van der Waals surface area contributed by atoms with Gasteiger partial charge in [-0.1, -0.05) is 71.6 Å². The maximum Gasteiger partial charge on any atom is -0.0386 e. The lowest BCUT2D eigenvalue weighted by atomic mass is 9.75. The van der Waals surface area contributed by atoms with Crippen LogP contribution in [0.2, 0.25) is 0 Å². The minimum atomic E-state index is 1.09. The highest BCUT2D eigenvalue weighted by Crippen LogP contribution is 2.36. The van der Waals surface area contributed by atoms with Gasteiger partial charge in [-0.2, -0.15) is 0 Å². The molecule has 1 aliphatic rings. The van der Waals surface area contributed by atoms with E-state index >= 15 is 0 Å². The van der Waals surface area contributed by atoms with Crippen LogP contribution in [0.15, 0.2) is 0 Å². The van der Waals surface area contributed by atoms with Crippen molar-refractivity contribution in [1.29, 1.82) is 0 Å². The number of unbranched alkanes of at least 4 members (excludes halogenated alkanes) is 1. The third kappa shape index (κ3) is 3.70. The maximum absolute atomic E-state index is 2.34.